The summed E-state index contributed by atoms with van der Waals surface area (Å²) >= 11 is 0. The summed E-state index contributed by atoms with van der Waals surface area (Å²) in [4.78, 5) is 7.05. The smallest absolute Gasteiger partial charge is 0.168 e. The Morgan fingerprint density at radius 3 is 2.94 bits per heavy atom. The van der Waals surface area contributed by atoms with Crippen LogP contribution in [0.2, 0.25) is 0 Å². The Morgan fingerprint density at radius 1 is 1.35 bits per heavy atom. The molecule has 0 aliphatic rings. The second-order valence-corrected chi connectivity index (χ2v) is 3.63. The molecule has 0 atom stereocenters. The number of aromatic amines is 1. The Labute approximate surface area is 97.9 Å². The lowest BCUT2D eigenvalue weighted by Gasteiger charge is -2.01. The lowest BCUT2D eigenvalue weighted by Crippen LogP contribution is -2.12. The van der Waals surface area contributed by atoms with Crippen LogP contribution in [0.3, 0.4) is 0 Å². The predicted octanol–water partition coefficient (Wildman–Crippen LogP) is 2.46. The van der Waals surface area contributed by atoms with Crippen LogP contribution in [0.5, 0.6) is 0 Å². The van der Waals surface area contributed by atoms with Gasteiger partial charge in [0, 0.05) is 5.56 Å². The first kappa shape index (κ1) is 11.7. The first-order valence-corrected chi connectivity index (χ1v) is 5.41. The standard InChI is InChI=1S/C12H13F2N3/c1-2-15-7-11-16-6-10(17-11)8-4-3-5-9(13)12(8)14/h3-6,15H,2,7H2,1H3,(H,16,17). The third-order valence-electron chi connectivity index (χ3n) is 2.41. The van der Waals surface area contributed by atoms with E-state index in [-0.39, 0.29) is 5.56 Å². The molecule has 0 fully saturated rings. The van der Waals surface area contributed by atoms with Gasteiger partial charge in [0.1, 0.15) is 5.82 Å². The van der Waals surface area contributed by atoms with Crippen LogP contribution >= 0.6 is 0 Å². The molecule has 0 aliphatic carbocycles. The summed E-state index contributed by atoms with van der Waals surface area (Å²) in [5.74, 6) is -1.01. The van der Waals surface area contributed by atoms with Crippen molar-refractivity contribution >= 4 is 0 Å². The molecule has 0 saturated carbocycles. The van der Waals surface area contributed by atoms with Crippen LogP contribution in [0.1, 0.15) is 12.7 Å². The van der Waals surface area contributed by atoms with E-state index in [9.17, 15) is 8.78 Å². The average Bonchev–Trinajstić information content (AvgIpc) is 2.78. The van der Waals surface area contributed by atoms with E-state index in [4.69, 9.17) is 0 Å². The molecule has 2 rings (SSSR count). The van der Waals surface area contributed by atoms with E-state index in [2.05, 4.69) is 15.3 Å². The second-order valence-electron chi connectivity index (χ2n) is 3.63. The van der Waals surface area contributed by atoms with Crippen LogP contribution in [0.25, 0.3) is 11.3 Å². The van der Waals surface area contributed by atoms with Crippen molar-refractivity contribution in [3.8, 4) is 11.3 Å². The van der Waals surface area contributed by atoms with Gasteiger partial charge in [-0.15, -0.1) is 0 Å². The van der Waals surface area contributed by atoms with Crippen LogP contribution in [0.4, 0.5) is 8.78 Å². The molecule has 0 saturated heterocycles. The van der Waals surface area contributed by atoms with E-state index in [1.54, 1.807) is 0 Å². The first-order chi connectivity index (χ1) is 8.22. The molecule has 0 bridgehead atoms. The number of imidazole rings is 1. The number of H-pyrrole nitrogens is 1. The fourth-order valence-electron chi connectivity index (χ4n) is 1.54. The minimum Gasteiger partial charge on any atom is -0.341 e. The van der Waals surface area contributed by atoms with Crippen LogP contribution in [0.15, 0.2) is 24.4 Å². The van der Waals surface area contributed by atoms with E-state index in [1.165, 1.54) is 18.3 Å². The highest BCUT2D eigenvalue weighted by atomic mass is 19.2. The molecule has 2 N–H and O–H groups in total. The van der Waals surface area contributed by atoms with Crippen molar-refractivity contribution in [1.29, 1.82) is 0 Å². The molecule has 17 heavy (non-hydrogen) atoms. The third kappa shape index (κ3) is 2.50. The van der Waals surface area contributed by atoms with Crippen LogP contribution in [-0.4, -0.2) is 16.5 Å². The maximum absolute atomic E-state index is 13.5. The minimum absolute atomic E-state index is 0.195. The molecule has 0 aliphatic heterocycles. The number of benzene rings is 1. The highest BCUT2D eigenvalue weighted by Gasteiger charge is 2.11. The lowest BCUT2D eigenvalue weighted by atomic mass is 10.1. The molecular weight excluding hydrogens is 224 g/mol. The SMILES string of the molecule is CCNCc1ncc(-c2cccc(F)c2F)[nH]1. The Morgan fingerprint density at radius 2 is 2.18 bits per heavy atom. The quantitative estimate of drug-likeness (QED) is 0.857. The molecule has 3 nitrogen and oxygen atoms in total. The van der Waals surface area contributed by atoms with E-state index in [0.717, 1.165) is 12.6 Å². The summed E-state index contributed by atoms with van der Waals surface area (Å²) < 4.78 is 26.6. The predicted molar refractivity (Wildman–Crippen MR) is 61.3 cm³/mol. The summed E-state index contributed by atoms with van der Waals surface area (Å²) in [5.41, 5.74) is 0.676. The van der Waals surface area contributed by atoms with Crippen molar-refractivity contribution in [2.24, 2.45) is 0 Å². The summed E-state index contributed by atoms with van der Waals surface area (Å²) in [6, 6.07) is 4.08. The normalized spacial score (nSPS) is 10.8. The molecular formula is C12H13F2N3. The van der Waals surface area contributed by atoms with Crippen molar-refractivity contribution in [1.82, 2.24) is 15.3 Å². The zero-order valence-electron chi connectivity index (χ0n) is 9.43. The number of hydrogen-bond acceptors (Lipinski definition) is 2. The van der Waals surface area contributed by atoms with Gasteiger partial charge in [0.05, 0.1) is 18.4 Å². The summed E-state index contributed by atoms with van der Waals surface area (Å²) in [7, 11) is 0. The van der Waals surface area contributed by atoms with Crippen LogP contribution in [-0.2, 0) is 6.54 Å². The molecule has 0 amide bonds. The van der Waals surface area contributed by atoms with Gasteiger partial charge in [0.15, 0.2) is 11.6 Å². The highest BCUT2D eigenvalue weighted by molar-refractivity contribution is 5.59. The maximum Gasteiger partial charge on any atom is 0.168 e. The zero-order valence-corrected chi connectivity index (χ0v) is 9.43. The number of nitrogens with one attached hydrogen (secondary N) is 2. The fourth-order valence-corrected chi connectivity index (χ4v) is 1.54. The van der Waals surface area contributed by atoms with E-state index in [1.807, 2.05) is 6.92 Å². The Hall–Kier alpha value is -1.75. The number of hydrogen-bond donors (Lipinski definition) is 2. The van der Waals surface area contributed by atoms with Crippen molar-refractivity contribution in [3.05, 3.63) is 41.9 Å². The number of nitrogens with zero attached hydrogens (tertiary/aromatic N) is 1. The largest absolute Gasteiger partial charge is 0.341 e. The summed E-state index contributed by atoms with van der Waals surface area (Å²) in [6.07, 6.45) is 1.50. The Balaban J connectivity index is 2.27. The zero-order chi connectivity index (χ0) is 12.3. The van der Waals surface area contributed by atoms with Gasteiger partial charge >= 0.3 is 0 Å². The van der Waals surface area contributed by atoms with Crippen LogP contribution in [0, 0.1) is 11.6 Å². The number of halogens is 2. The van der Waals surface area contributed by atoms with E-state index < -0.39 is 11.6 Å². The molecule has 1 aromatic carbocycles. The fraction of sp³-hybridized carbons (Fsp3) is 0.250. The molecule has 1 heterocycles. The molecule has 0 radical (unpaired) electrons. The Bertz CT molecular complexity index is 508. The maximum atomic E-state index is 13.5. The van der Waals surface area contributed by atoms with Gasteiger partial charge in [0.2, 0.25) is 0 Å². The molecule has 2 aromatic rings. The third-order valence-corrected chi connectivity index (χ3v) is 2.41. The van der Waals surface area contributed by atoms with E-state index >= 15 is 0 Å². The van der Waals surface area contributed by atoms with Gasteiger partial charge in [-0.1, -0.05) is 13.0 Å². The molecule has 5 heteroatoms. The van der Waals surface area contributed by atoms with Gasteiger partial charge < -0.3 is 10.3 Å². The van der Waals surface area contributed by atoms with Crippen molar-refractivity contribution in [2.45, 2.75) is 13.5 Å². The number of rotatable bonds is 4. The topological polar surface area (TPSA) is 40.7 Å². The lowest BCUT2D eigenvalue weighted by molar-refractivity contribution is 0.511. The summed E-state index contributed by atoms with van der Waals surface area (Å²) in [5, 5.41) is 3.09. The van der Waals surface area contributed by atoms with Gasteiger partial charge in [0.25, 0.3) is 0 Å². The Kier molecular flexibility index (Phi) is 3.49. The van der Waals surface area contributed by atoms with Gasteiger partial charge in [-0.05, 0) is 18.7 Å². The molecule has 1 aromatic heterocycles. The van der Waals surface area contributed by atoms with Crippen molar-refractivity contribution in [3.63, 3.8) is 0 Å². The second kappa shape index (κ2) is 5.05. The van der Waals surface area contributed by atoms with E-state index in [0.29, 0.717) is 18.1 Å². The van der Waals surface area contributed by atoms with Gasteiger partial charge in [-0.25, -0.2) is 13.8 Å². The summed E-state index contributed by atoms with van der Waals surface area (Å²) in [6.45, 7) is 3.38. The first-order valence-electron chi connectivity index (χ1n) is 5.41. The molecule has 0 spiro atoms. The number of aromatic nitrogens is 2. The minimum atomic E-state index is -0.856. The molecule has 90 valence electrons. The monoisotopic (exact) mass is 237 g/mol. The average molecular weight is 237 g/mol. The van der Waals surface area contributed by atoms with Gasteiger partial charge in [-0.2, -0.15) is 0 Å². The van der Waals surface area contributed by atoms with Crippen LogP contribution < -0.4 is 5.32 Å². The van der Waals surface area contributed by atoms with Crippen molar-refractivity contribution in [2.75, 3.05) is 6.54 Å². The van der Waals surface area contributed by atoms with Crippen molar-refractivity contribution < 1.29 is 8.78 Å². The highest BCUT2D eigenvalue weighted by Crippen LogP contribution is 2.22. The van der Waals surface area contributed by atoms with Gasteiger partial charge in [-0.3, -0.25) is 0 Å². The molecule has 0 unspecified atom stereocenters.